The lowest BCUT2D eigenvalue weighted by molar-refractivity contribution is 0.280. The van der Waals surface area contributed by atoms with Crippen molar-refractivity contribution in [3.63, 3.8) is 0 Å². The molecule has 1 heterocycles. The molecule has 0 radical (unpaired) electrons. The molecule has 0 amide bonds. The van der Waals surface area contributed by atoms with Gasteiger partial charge in [0.25, 0.3) is 0 Å². The Morgan fingerprint density at radius 2 is 2.08 bits per heavy atom. The second-order valence-electron chi connectivity index (χ2n) is 7.24. The molecule has 2 aromatic rings. The lowest BCUT2D eigenvalue weighted by atomic mass is 9.91. The smallest absolute Gasteiger partial charge is 0.141 e. The number of hydrogen-bond acceptors (Lipinski definition) is 3. The Labute approximate surface area is 153 Å². The van der Waals surface area contributed by atoms with Crippen molar-refractivity contribution in [1.82, 2.24) is 4.90 Å². The van der Waals surface area contributed by atoms with E-state index in [2.05, 4.69) is 29.2 Å². The third-order valence-corrected chi connectivity index (χ3v) is 5.23. The number of rotatable bonds is 4. The molecule has 26 heavy (non-hydrogen) atoms. The Bertz CT molecular complexity index is 906. The summed E-state index contributed by atoms with van der Waals surface area (Å²) in [5, 5.41) is 8.97. The van der Waals surface area contributed by atoms with Crippen LogP contribution < -0.4 is 5.73 Å². The van der Waals surface area contributed by atoms with Crippen LogP contribution in [0.2, 0.25) is 0 Å². The van der Waals surface area contributed by atoms with Gasteiger partial charge in [0.2, 0.25) is 0 Å². The second kappa shape index (κ2) is 6.93. The van der Waals surface area contributed by atoms with Crippen molar-refractivity contribution in [3.05, 3.63) is 70.7 Å². The van der Waals surface area contributed by atoms with E-state index in [-0.39, 0.29) is 5.56 Å². The van der Waals surface area contributed by atoms with E-state index in [1.165, 1.54) is 30.0 Å². The van der Waals surface area contributed by atoms with E-state index >= 15 is 0 Å². The molecular formula is C22H22FN3. The molecule has 0 spiro atoms. The fourth-order valence-corrected chi connectivity index (χ4v) is 3.84. The molecule has 0 saturated heterocycles. The molecule has 2 aliphatic rings. The van der Waals surface area contributed by atoms with Gasteiger partial charge in [-0.1, -0.05) is 30.3 Å². The lowest BCUT2D eigenvalue weighted by Crippen LogP contribution is -2.32. The van der Waals surface area contributed by atoms with Crippen molar-refractivity contribution in [2.45, 2.75) is 31.7 Å². The van der Waals surface area contributed by atoms with Gasteiger partial charge in [0.15, 0.2) is 0 Å². The van der Waals surface area contributed by atoms with Gasteiger partial charge >= 0.3 is 0 Å². The Morgan fingerprint density at radius 3 is 2.77 bits per heavy atom. The molecule has 4 heteroatoms. The van der Waals surface area contributed by atoms with Gasteiger partial charge in [-0.2, -0.15) is 5.26 Å². The maximum Gasteiger partial charge on any atom is 0.141 e. The summed E-state index contributed by atoms with van der Waals surface area (Å²) in [5.41, 5.74) is 11.6. The highest BCUT2D eigenvalue weighted by Gasteiger charge is 2.29. The van der Waals surface area contributed by atoms with Crippen molar-refractivity contribution >= 4 is 0 Å². The Morgan fingerprint density at radius 1 is 1.23 bits per heavy atom. The number of nitriles is 1. The normalized spacial score (nSPS) is 17.6. The number of benzene rings is 2. The lowest BCUT2D eigenvalue weighted by Gasteiger charge is -2.27. The van der Waals surface area contributed by atoms with E-state index < -0.39 is 5.82 Å². The minimum absolute atomic E-state index is 0.0912. The summed E-state index contributed by atoms with van der Waals surface area (Å²) in [6.45, 7) is 2.69. The predicted molar refractivity (Wildman–Crippen MR) is 101 cm³/mol. The molecule has 0 atom stereocenters. The van der Waals surface area contributed by atoms with Gasteiger partial charge in [-0.05, 0) is 59.6 Å². The van der Waals surface area contributed by atoms with Gasteiger partial charge in [-0.15, -0.1) is 0 Å². The van der Waals surface area contributed by atoms with Crippen LogP contribution in [0.4, 0.5) is 4.39 Å². The van der Waals surface area contributed by atoms with E-state index in [0.29, 0.717) is 5.92 Å². The van der Waals surface area contributed by atoms with Crippen molar-refractivity contribution < 1.29 is 4.39 Å². The van der Waals surface area contributed by atoms with Gasteiger partial charge in [-0.3, -0.25) is 4.90 Å². The first-order valence-corrected chi connectivity index (χ1v) is 9.14. The van der Waals surface area contributed by atoms with E-state index in [0.717, 1.165) is 42.9 Å². The SMILES string of the molecule is N#Cc1ccc(-c2cccc(CN3CCC=C(N)C3)c2C2CC2)cc1F. The van der Waals surface area contributed by atoms with Crippen LogP contribution in [0.25, 0.3) is 11.1 Å². The quantitative estimate of drug-likeness (QED) is 0.897. The van der Waals surface area contributed by atoms with Crippen molar-refractivity contribution in [2.75, 3.05) is 13.1 Å². The Kier molecular flexibility index (Phi) is 4.48. The molecule has 3 nitrogen and oxygen atoms in total. The number of nitrogens with two attached hydrogens (primary N) is 1. The molecule has 1 aliphatic carbocycles. The topological polar surface area (TPSA) is 53.0 Å². The first kappa shape index (κ1) is 16.8. The first-order chi connectivity index (χ1) is 12.7. The monoisotopic (exact) mass is 347 g/mol. The van der Waals surface area contributed by atoms with Crippen molar-refractivity contribution in [2.24, 2.45) is 5.73 Å². The van der Waals surface area contributed by atoms with Crippen LogP contribution in [0.15, 0.2) is 48.2 Å². The molecule has 1 aliphatic heterocycles. The van der Waals surface area contributed by atoms with Gasteiger partial charge in [0.05, 0.1) is 5.56 Å². The highest BCUT2D eigenvalue weighted by Crippen LogP contribution is 2.46. The molecular weight excluding hydrogens is 325 g/mol. The summed E-state index contributed by atoms with van der Waals surface area (Å²) >= 11 is 0. The second-order valence-corrected chi connectivity index (χ2v) is 7.24. The van der Waals surface area contributed by atoms with Crippen LogP contribution >= 0.6 is 0 Å². The maximum atomic E-state index is 14.1. The summed E-state index contributed by atoms with van der Waals surface area (Å²) in [4.78, 5) is 2.37. The standard InChI is InChI=1S/C22H22FN3/c23-21-11-16(8-9-17(21)12-24)20-5-1-3-18(22(20)15-6-7-15)13-26-10-2-4-19(25)14-26/h1,3-5,8-9,11,15H,2,6-7,10,13-14,25H2. The van der Waals surface area contributed by atoms with Gasteiger partial charge in [0.1, 0.15) is 11.9 Å². The molecule has 2 aromatic carbocycles. The highest BCUT2D eigenvalue weighted by atomic mass is 19.1. The fourth-order valence-electron chi connectivity index (χ4n) is 3.84. The minimum atomic E-state index is -0.453. The molecule has 2 N–H and O–H groups in total. The van der Waals surface area contributed by atoms with E-state index in [1.54, 1.807) is 6.07 Å². The van der Waals surface area contributed by atoms with E-state index in [1.807, 2.05) is 12.1 Å². The highest BCUT2D eigenvalue weighted by molar-refractivity contribution is 5.71. The minimum Gasteiger partial charge on any atom is -0.401 e. The number of halogens is 1. The summed E-state index contributed by atoms with van der Waals surface area (Å²) in [6, 6.07) is 13.1. The largest absolute Gasteiger partial charge is 0.401 e. The summed E-state index contributed by atoms with van der Waals surface area (Å²) in [5.74, 6) is 0.101. The molecule has 0 unspecified atom stereocenters. The predicted octanol–water partition coefficient (Wildman–Crippen LogP) is 4.29. The maximum absolute atomic E-state index is 14.1. The Hall–Kier alpha value is -2.64. The van der Waals surface area contributed by atoms with Crippen molar-refractivity contribution in [1.29, 1.82) is 5.26 Å². The van der Waals surface area contributed by atoms with Gasteiger partial charge in [0, 0.05) is 25.3 Å². The molecule has 0 bridgehead atoms. The fraction of sp³-hybridized carbons (Fsp3) is 0.318. The first-order valence-electron chi connectivity index (χ1n) is 9.14. The average Bonchev–Trinajstić information content (AvgIpc) is 3.46. The van der Waals surface area contributed by atoms with Crippen LogP contribution in [0, 0.1) is 17.1 Å². The van der Waals surface area contributed by atoms with Crippen LogP contribution in [-0.2, 0) is 6.54 Å². The average molecular weight is 347 g/mol. The molecule has 4 rings (SSSR count). The van der Waals surface area contributed by atoms with Crippen molar-refractivity contribution in [3.8, 4) is 17.2 Å². The molecule has 1 saturated carbocycles. The van der Waals surface area contributed by atoms with Crippen LogP contribution in [0.1, 0.15) is 41.9 Å². The molecule has 1 fully saturated rings. The van der Waals surface area contributed by atoms with Crippen LogP contribution in [0.5, 0.6) is 0 Å². The summed E-state index contributed by atoms with van der Waals surface area (Å²) < 4.78 is 14.1. The van der Waals surface area contributed by atoms with Gasteiger partial charge in [-0.25, -0.2) is 4.39 Å². The molecule has 0 aromatic heterocycles. The van der Waals surface area contributed by atoms with Gasteiger partial charge < -0.3 is 5.73 Å². The third-order valence-electron chi connectivity index (χ3n) is 5.23. The third kappa shape index (κ3) is 3.36. The summed E-state index contributed by atoms with van der Waals surface area (Å²) in [7, 11) is 0. The molecule has 132 valence electrons. The van der Waals surface area contributed by atoms with E-state index in [9.17, 15) is 4.39 Å². The summed E-state index contributed by atoms with van der Waals surface area (Å²) in [6.07, 6.45) is 5.47. The zero-order valence-electron chi connectivity index (χ0n) is 14.7. The number of hydrogen-bond donors (Lipinski definition) is 1. The number of nitrogens with zero attached hydrogens (tertiary/aromatic N) is 2. The van der Waals surface area contributed by atoms with Crippen LogP contribution in [0.3, 0.4) is 0 Å². The zero-order valence-corrected chi connectivity index (χ0v) is 14.7. The van der Waals surface area contributed by atoms with E-state index in [4.69, 9.17) is 11.0 Å². The van der Waals surface area contributed by atoms with Crippen LogP contribution in [-0.4, -0.2) is 18.0 Å². The Balaban J connectivity index is 1.71. The zero-order chi connectivity index (χ0) is 18.1.